The van der Waals surface area contributed by atoms with Gasteiger partial charge in [0.25, 0.3) is 0 Å². The number of amides is 1. The SMILES string of the molecule is O=C(NCc1cc[nH]c1)C1C2CCCCC21. The van der Waals surface area contributed by atoms with Crippen LogP contribution < -0.4 is 5.32 Å². The molecule has 0 spiro atoms. The van der Waals surface area contributed by atoms with Crippen molar-refractivity contribution in [3.05, 3.63) is 24.0 Å². The van der Waals surface area contributed by atoms with E-state index in [0.717, 1.165) is 5.56 Å². The van der Waals surface area contributed by atoms with Crippen LogP contribution in [0.4, 0.5) is 0 Å². The zero-order valence-electron chi connectivity index (χ0n) is 9.41. The van der Waals surface area contributed by atoms with Crippen molar-refractivity contribution in [2.75, 3.05) is 0 Å². The summed E-state index contributed by atoms with van der Waals surface area (Å²) >= 11 is 0. The standard InChI is InChI=1S/C13H18N2O/c16-13(15-8-9-5-6-14-7-9)12-10-3-1-2-4-11(10)12/h5-7,10-12,14H,1-4,8H2,(H,15,16). The Bertz CT molecular complexity index is 359. The Morgan fingerprint density at radius 2 is 2.12 bits per heavy atom. The highest BCUT2D eigenvalue weighted by atomic mass is 16.2. The number of aromatic amines is 1. The van der Waals surface area contributed by atoms with Gasteiger partial charge in [0.1, 0.15) is 0 Å². The van der Waals surface area contributed by atoms with Gasteiger partial charge >= 0.3 is 0 Å². The summed E-state index contributed by atoms with van der Waals surface area (Å²) in [4.78, 5) is 14.9. The molecule has 2 atom stereocenters. The van der Waals surface area contributed by atoms with E-state index in [1.165, 1.54) is 25.7 Å². The Labute approximate surface area is 95.6 Å². The van der Waals surface area contributed by atoms with Crippen LogP contribution in [0.2, 0.25) is 0 Å². The van der Waals surface area contributed by atoms with E-state index < -0.39 is 0 Å². The number of fused-ring (bicyclic) bond motifs is 1. The number of nitrogens with one attached hydrogen (secondary N) is 2. The van der Waals surface area contributed by atoms with Crippen LogP contribution in [0.25, 0.3) is 0 Å². The van der Waals surface area contributed by atoms with Gasteiger partial charge in [-0.05, 0) is 36.3 Å². The molecule has 2 aliphatic rings. The molecule has 2 aliphatic carbocycles. The monoisotopic (exact) mass is 218 g/mol. The second-order valence-corrected chi connectivity index (χ2v) is 5.08. The summed E-state index contributed by atoms with van der Waals surface area (Å²) in [5.41, 5.74) is 1.15. The van der Waals surface area contributed by atoms with Gasteiger partial charge in [-0.3, -0.25) is 4.79 Å². The molecule has 0 bridgehead atoms. The van der Waals surface area contributed by atoms with Gasteiger partial charge < -0.3 is 10.3 Å². The Morgan fingerprint density at radius 3 is 2.75 bits per heavy atom. The number of hydrogen-bond donors (Lipinski definition) is 2. The van der Waals surface area contributed by atoms with Crippen molar-refractivity contribution < 1.29 is 4.79 Å². The highest BCUT2D eigenvalue weighted by Crippen LogP contribution is 2.55. The molecule has 86 valence electrons. The molecule has 2 N–H and O–H groups in total. The molecule has 3 heteroatoms. The van der Waals surface area contributed by atoms with Gasteiger partial charge in [0.15, 0.2) is 0 Å². The Morgan fingerprint density at radius 1 is 1.38 bits per heavy atom. The Balaban J connectivity index is 1.51. The largest absolute Gasteiger partial charge is 0.367 e. The molecular weight excluding hydrogens is 200 g/mol. The van der Waals surface area contributed by atoms with Crippen molar-refractivity contribution >= 4 is 5.91 Å². The molecule has 0 aliphatic heterocycles. The molecular formula is C13H18N2O. The summed E-state index contributed by atoms with van der Waals surface area (Å²) in [5.74, 6) is 2.03. The predicted octanol–water partition coefficient (Wildman–Crippen LogP) is 2.07. The average Bonchev–Trinajstić information content (AvgIpc) is 2.80. The third-order valence-corrected chi connectivity index (χ3v) is 4.09. The zero-order valence-corrected chi connectivity index (χ0v) is 9.41. The number of rotatable bonds is 3. The molecule has 3 nitrogen and oxygen atoms in total. The van der Waals surface area contributed by atoms with Gasteiger partial charge in [0, 0.05) is 24.9 Å². The third kappa shape index (κ3) is 1.75. The highest BCUT2D eigenvalue weighted by Gasteiger charge is 2.54. The summed E-state index contributed by atoms with van der Waals surface area (Å²) in [6.07, 6.45) is 9.00. The van der Waals surface area contributed by atoms with E-state index in [2.05, 4.69) is 10.3 Å². The van der Waals surface area contributed by atoms with E-state index in [0.29, 0.717) is 24.3 Å². The van der Waals surface area contributed by atoms with Gasteiger partial charge in [-0.1, -0.05) is 12.8 Å². The molecule has 1 aromatic heterocycles. The first kappa shape index (κ1) is 9.94. The molecule has 2 fully saturated rings. The van der Waals surface area contributed by atoms with Gasteiger partial charge in [0.2, 0.25) is 5.91 Å². The van der Waals surface area contributed by atoms with Gasteiger partial charge in [-0.15, -0.1) is 0 Å². The van der Waals surface area contributed by atoms with Crippen molar-refractivity contribution in [1.82, 2.24) is 10.3 Å². The summed E-state index contributed by atoms with van der Waals surface area (Å²) in [5, 5.41) is 3.04. The molecule has 2 unspecified atom stereocenters. The van der Waals surface area contributed by atoms with Gasteiger partial charge in [0.05, 0.1) is 0 Å². The first-order valence-electron chi connectivity index (χ1n) is 6.25. The van der Waals surface area contributed by atoms with Crippen LogP contribution in [0, 0.1) is 17.8 Å². The molecule has 0 radical (unpaired) electrons. The van der Waals surface area contributed by atoms with Crippen LogP contribution >= 0.6 is 0 Å². The summed E-state index contributed by atoms with van der Waals surface area (Å²) < 4.78 is 0. The smallest absolute Gasteiger partial charge is 0.223 e. The summed E-state index contributed by atoms with van der Waals surface area (Å²) in [6.45, 7) is 0.665. The first-order valence-corrected chi connectivity index (χ1v) is 6.25. The van der Waals surface area contributed by atoms with Crippen molar-refractivity contribution in [3.63, 3.8) is 0 Å². The third-order valence-electron chi connectivity index (χ3n) is 4.09. The molecule has 0 saturated heterocycles. The number of H-pyrrole nitrogens is 1. The zero-order chi connectivity index (χ0) is 11.0. The van der Waals surface area contributed by atoms with Crippen LogP contribution in [-0.2, 0) is 11.3 Å². The fourth-order valence-electron chi connectivity index (χ4n) is 3.16. The predicted molar refractivity (Wildman–Crippen MR) is 61.6 cm³/mol. The Kier molecular flexibility index (Phi) is 2.46. The van der Waals surface area contributed by atoms with Crippen LogP contribution in [0.15, 0.2) is 18.5 Å². The number of carbonyl (C=O) groups excluding carboxylic acids is 1. The van der Waals surface area contributed by atoms with Crippen LogP contribution in [0.5, 0.6) is 0 Å². The van der Waals surface area contributed by atoms with Crippen LogP contribution in [0.3, 0.4) is 0 Å². The fourth-order valence-corrected chi connectivity index (χ4v) is 3.16. The maximum absolute atomic E-state index is 11.9. The summed E-state index contributed by atoms with van der Waals surface area (Å²) in [6, 6.07) is 2.00. The number of hydrogen-bond acceptors (Lipinski definition) is 1. The van der Waals surface area contributed by atoms with Crippen molar-refractivity contribution in [2.24, 2.45) is 17.8 Å². The maximum atomic E-state index is 11.9. The van der Waals surface area contributed by atoms with Crippen molar-refractivity contribution in [1.29, 1.82) is 0 Å². The lowest BCUT2D eigenvalue weighted by atomic mass is 10.0. The second-order valence-electron chi connectivity index (χ2n) is 5.08. The van der Waals surface area contributed by atoms with Crippen LogP contribution in [-0.4, -0.2) is 10.9 Å². The molecule has 16 heavy (non-hydrogen) atoms. The van der Waals surface area contributed by atoms with Gasteiger partial charge in [-0.25, -0.2) is 0 Å². The van der Waals surface area contributed by atoms with E-state index >= 15 is 0 Å². The molecule has 2 saturated carbocycles. The van der Waals surface area contributed by atoms with E-state index in [9.17, 15) is 4.79 Å². The second kappa shape index (κ2) is 3.96. The molecule has 1 amide bonds. The average molecular weight is 218 g/mol. The van der Waals surface area contributed by atoms with Crippen LogP contribution in [0.1, 0.15) is 31.2 Å². The minimum atomic E-state index is 0.276. The molecule has 3 rings (SSSR count). The maximum Gasteiger partial charge on any atom is 0.223 e. The normalized spacial score (nSPS) is 31.9. The molecule has 0 aromatic carbocycles. The van der Waals surface area contributed by atoms with E-state index in [-0.39, 0.29) is 5.91 Å². The van der Waals surface area contributed by atoms with E-state index in [1.54, 1.807) is 0 Å². The lowest BCUT2D eigenvalue weighted by Crippen LogP contribution is -2.25. The van der Waals surface area contributed by atoms with E-state index in [1.807, 2.05) is 18.5 Å². The first-order chi connectivity index (χ1) is 7.86. The van der Waals surface area contributed by atoms with Crippen molar-refractivity contribution in [2.45, 2.75) is 32.2 Å². The number of carbonyl (C=O) groups is 1. The minimum Gasteiger partial charge on any atom is -0.367 e. The van der Waals surface area contributed by atoms with Gasteiger partial charge in [-0.2, -0.15) is 0 Å². The number of aromatic nitrogens is 1. The minimum absolute atomic E-state index is 0.276. The van der Waals surface area contributed by atoms with E-state index in [4.69, 9.17) is 0 Å². The fraction of sp³-hybridized carbons (Fsp3) is 0.615. The molecule has 1 aromatic rings. The highest BCUT2D eigenvalue weighted by molar-refractivity contribution is 5.82. The Hall–Kier alpha value is -1.25. The quantitative estimate of drug-likeness (QED) is 0.801. The lowest BCUT2D eigenvalue weighted by Gasteiger charge is -2.04. The molecule has 1 heterocycles. The van der Waals surface area contributed by atoms with Crippen molar-refractivity contribution in [3.8, 4) is 0 Å². The topological polar surface area (TPSA) is 44.9 Å². The summed E-state index contributed by atoms with van der Waals surface area (Å²) in [7, 11) is 0. The lowest BCUT2D eigenvalue weighted by molar-refractivity contribution is -0.123.